The summed E-state index contributed by atoms with van der Waals surface area (Å²) in [6, 6.07) is 15.4. The largest absolute Gasteiger partial charge is 0.497 e. The number of rotatable bonds is 4. The van der Waals surface area contributed by atoms with Crippen LogP contribution in [0.3, 0.4) is 0 Å². The summed E-state index contributed by atoms with van der Waals surface area (Å²) >= 11 is 0. The number of likely N-dealkylation sites (tertiary alicyclic amines) is 1. The van der Waals surface area contributed by atoms with Gasteiger partial charge in [-0.1, -0.05) is 18.2 Å². The quantitative estimate of drug-likeness (QED) is 0.860. The molecule has 3 rings (SSSR count). The van der Waals surface area contributed by atoms with E-state index in [4.69, 9.17) is 9.47 Å². The Labute approximate surface area is 143 Å². The van der Waals surface area contributed by atoms with Crippen molar-refractivity contribution in [2.45, 2.75) is 25.9 Å². The zero-order valence-corrected chi connectivity index (χ0v) is 14.2. The number of nitrogens with zero attached hydrogens (tertiary/aromatic N) is 1. The zero-order valence-electron chi connectivity index (χ0n) is 14.2. The first-order chi connectivity index (χ1) is 11.7. The number of carbonyl (C=O) groups excluding carboxylic acids is 1. The van der Waals surface area contributed by atoms with E-state index in [0.29, 0.717) is 0 Å². The van der Waals surface area contributed by atoms with Crippen LogP contribution in [-0.4, -0.2) is 37.1 Å². The maximum Gasteiger partial charge on any atom is 0.254 e. The van der Waals surface area contributed by atoms with Gasteiger partial charge >= 0.3 is 0 Å². The molecule has 4 nitrogen and oxygen atoms in total. The molecule has 2 aromatic carbocycles. The van der Waals surface area contributed by atoms with E-state index in [1.54, 1.807) is 7.11 Å². The minimum absolute atomic E-state index is 0.121. The molecule has 24 heavy (non-hydrogen) atoms. The number of piperidine rings is 1. The fourth-order valence-corrected chi connectivity index (χ4v) is 3.01. The van der Waals surface area contributed by atoms with Crippen molar-refractivity contribution in [3.63, 3.8) is 0 Å². The molecule has 1 aliphatic heterocycles. The second kappa shape index (κ2) is 7.39. The summed E-state index contributed by atoms with van der Waals surface area (Å²) < 4.78 is 11.2. The molecule has 126 valence electrons. The van der Waals surface area contributed by atoms with Crippen molar-refractivity contribution in [1.82, 2.24) is 4.90 Å². The predicted molar refractivity (Wildman–Crippen MR) is 93.7 cm³/mol. The van der Waals surface area contributed by atoms with Crippen molar-refractivity contribution in [2.75, 3.05) is 20.2 Å². The lowest BCUT2D eigenvalue weighted by molar-refractivity contribution is 0.0595. The molecule has 1 heterocycles. The van der Waals surface area contributed by atoms with Gasteiger partial charge in [-0.3, -0.25) is 4.79 Å². The van der Waals surface area contributed by atoms with Gasteiger partial charge in [-0.25, -0.2) is 0 Å². The number of hydrogen-bond acceptors (Lipinski definition) is 3. The average molecular weight is 325 g/mol. The molecular formula is C20H23NO3. The van der Waals surface area contributed by atoms with E-state index in [-0.39, 0.29) is 12.0 Å². The Morgan fingerprint density at radius 1 is 1.00 bits per heavy atom. The van der Waals surface area contributed by atoms with Crippen LogP contribution in [0.1, 0.15) is 28.8 Å². The van der Waals surface area contributed by atoms with Crippen LogP contribution in [0.2, 0.25) is 0 Å². The second-order valence-corrected chi connectivity index (χ2v) is 6.10. The van der Waals surface area contributed by atoms with Gasteiger partial charge in [0.2, 0.25) is 0 Å². The molecule has 0 spiro atoms. The normalized spacial score (nSPS) is 15.2. The van der Waals surface area contributed by atoms with Crippen LogP contribution in [0.4, 0.5) is 0 Å². The van der Waals surface area contributed by atoms with Gasteiger partial charge < -0.3 is 14.4 Å². The van der Waals surface area contributed by atoms with Crippen LogP contribution in [-0.2, 0) is 0 Å². The third-order valence-corrected chi connectivity index (χ3v) is 4.47. The molecule has 0 bridgehead atoms. The molecule has 1 saturated heterocycles. The molecule has 0 atom stereocenters. The Bertz CT molecular complexity index is 688. The zero-order chi connectivity index (χ0) is 16.9. The average Bonchev–Trinajstić information content (AvgIpc) is 2.63. The predicted octanol–water partition coefficient (Wildman–Crippen LogP) is 3.69. The van der Waals surface area contributed by atoms with E-state index in [1.165, 1.54) is 0 Å². The SMILES string of the molecule is COc1ccc(OC2CCN(C(=O)c3ccccc3C)CC2)cc1. The van der Waals surface area contributed by atoms with E-state index >= 15 is 0 Å². The van der Waals surface area contributed by atoms with Crippen LogP contribution in [0.5, 0.6) is 11.5 Å². The summed E-state index contributed by atoms with van der Waals surface area (Å²) in [6.45, 7) is 3.44. The number of amides is 1. The topological polar surface area (TPSA) is 38.8 Å². The van der Waals surface area contributed by atoms with E-state index in [1.807, 2.05) is 60.4 Å². The van der Waals surface area contributed by atoms with Crippen LogP contribution < -0.4 is 9.47 Å². The lowest BCUT2D eigenvalue weighted by Gasteiger charge is -2.32. The highest BCUT2D eigenvalue weighted by Crippen LogP contribution is 2.23. The molecule has 0 unspecified atom stereocenters. The highest BCUT2D eigenvalue weighted by atomic mass is 16.5. The number of aryl methyl sites for hydroxylation is 1. The molecule has 1 aliphatic rings. The Balaban J connectivity index is 1.55. The lowest BCUT2D eigenvalue weighted by Crippen LogP contribution is -2.42. The Kier molecular flexibility index (Phi) is 5.04. The molecule has 0 saturated carbocycles. The van der Waals surface area contributed by atoms with Crippen LogP contribution in [0.25, 0.3) is 0 Å². The third kappa shape index (κ3) is 3.70. The second-order valence-electron chi connectivity index (χ2n) is 6.10. The maximum atomic E-state index is 12.6. The Morgan fingerprint density at radius 3 is 2.25 bits per heavy atom. The first-order valence-electron chi connectivity index (χ1n) is 8.33. The van der Waals surface area contributed by atoms with Crippen molar-refractivity contribution in [3.8, 4) is 11.5 Å². The minimum atomic E-state index is 0.121. The summed E-state index contributed by atoms with van der Waals surface area (Å²) in [5, 5.41) is 0. The number of hydrogen-bond donors (Lipinski definition) is 0. The van der Waals surface area contributed by atoms with E-state index in [0.717, 1.165) is 48.6 Å². The van der Waals surface area contributed by atoms with Crippen LogP contribution >= 0.6 is 0 Å². The number of ether oxygens (including phenoxy) is 2. The van der Waals surface area contributed by atoms with Gasteiger partial charge in [-0.15, -0.1) is 0 Å². The van der Waals surface area contributed by atoms with Crippen molar-refractivity contribution >= 4 is 5.91 Å². The van der Waals surface area contributed by atoms with Gasteiger partial charge in [-0.05, 0) is 42.8 Å². The van der Waals surface area contributed by atoms with Crippen molar-refractivity contribution in [2.24, 2.45) is 0 Å². The molecule has 2 aromatic rings. The maximum absolute atomic E-state index is 12.6. The standard InChI is InChI=1S/C20H23NO3/c1-15-5-3-4-6-19(15)20(22)21-13-11-18(12-14-21)24-17-9-7-16(23-2)8-10-17/h3-10,18H,11-14H2,1-2H3. The third-order valence-electron chi connectivity index (χ3n) is 4.47. The lowest BCUT2D eigenvalue weighted by atomic mass is 10.0. The summed E-state index contributed by atoms with van der Waals surface area (Å²) in [4.78, 5) is 14.6. The molecule has 0 N–H and O–H groups in total. The van der Waals surface area contributed by atoms with Gasteiger partial charge in [0.25, 0.3) is 5.91 Å². The molecule has 1 fully saturated rings. The van der Waals surface area contributed by atoms with Gasteiger partial charge in [-0.2, -0.15) is 0 Å². The molecule has 1 amide bonds. The molecule has 0 aliphatic carbocycles. The fraction of sp³-hybridized carbons (Fsp3) is 0.350. The van der Waals surface area contributed by atoms with Crippen molar-refractivity contribution in [1.29, 1.82) is 0 Å². The van der Waals surface area contributed by atoms with Crippen molar-refractivity contribution in [3.05, 3.63) is 59.7 Å². The summed E-state index contributed by atoms with van der Waals surface area (Å²) in [7, 11) is 1.65. The molecular weight excluding hydrogens is 302 g/mol. The van der Waals surface area contributed by atoms with Gasteiger partial charge in [0.05, 0.1) is 7.11 Å². The van der Waals surface area contributed by atoms with Crippen LogP contribution in [0.15, 0.2) is 48.5 Å². The molecule has 0 radical (unpaired) electrons. The van der Waals surface area contributed by atoms with Gasteiger partial charge in [0.1, 0.15) is 17.6 Å². The fourth-order valence-electron chi connectivity index (χ4n) is 3.01. The highest BCUT2D eigenvalue weighted by Gasteiger charge is 2.25. The van der Waals surface area contributed by atoms with E-state index < -0.39 is 0 Å². The first kappa shape index (κ1) is 16.4. The molecule has 0 aromatic heterocycles. The smallest absolute Gasteiger partial charge is 0.254 e. The van der Waals surface area contributed by atoms with E-state index in [9.17, 15) is 4.79 Å². The van der Waals surface area contributed by atoms with E-state index in [2.05, 4.69) is 0 Å². The number of methoxy groups -OCH3 is 1. The number of carbonyl (C=O) groups is 1. The summed E-state index contributed by atoms with van der Waals surface area (Å²) in [5.41, 5.74) is 1.83. The van der Waals surface area contributed by atoms with Gasteiger partial charge in [0, 0.05) is 31.5 Å². The monoisotopic (exact) mass is 325 g/mol. The summed E-state index contributed by atoms with van der Waals surface area (Å²) in [5.74, 6) is 1.79. The van der Waals surface area contributed by atoms with Gasteiger partial charge in [0.15, 0.2) is 0 Å². The van der Waals surface area contributed by atoms with Crippen LogP contribution in [0, 0.1) is 6.92 Å². The summed E-state index contributed by atoms with van der Waals surface area (Å²) in [6.07, 6.45) is 1.85. The van der Waals surface area contributed by atoms with Crippen molar-refractivity contribution < 1.29 is 14.3 Å². The number of benzene rings is 2. The highest BCUT2D eigenvalue weighted by molar-refractivity contribution is 5.95. The molecule has 4 heteroatoms. The Hall–Kier alpha value is -2.49. The Morgan fingerprint density at radius 2 is 1.62 bits per heavy atom. The minimum Gasteiger partial charge on any atom is -0.497 e. The first-order valence-corrected chi connectivity index (χ1v) is 8.33.